The third kappa shape index (κ3) is 7.85. The zero-order valence-electron chi connectivity index (χ0n) is 23.6. The minimum absolute atomic E-state index is 0.0826. The Labute approximate surface area is 238 Å². The quantitative estimate of drug-likeness (QED) is 0.172. The summed E-state index contributed by atoms with van der Waals surface area (Å²) in [4.78, 5) is 2.20. The molecule has 0 aliphatic carbocycles. The van der Waals surface area contributed by atoms with Crippen molar-refractivity contribution in [2.24, 2.45) is 0 Å². The smallest absolute Gasteiger partial charge is 0.119 e. The largest absolute Gasteiger partial charge is 0.491 e. The lowest BCUT2D eigenvalue weighted by atomic mass is 9.81. The zero-order valence-corrected chi connectivity index (χ0v) is 23.6. The number of aliphatic hydroxyl groups excluding tert-OH is 1. The molecule has 4 aromatic carbocycles. The Kier molecular flexibility index (Phi) is 10.2. The summed E-state index contributed by atoms with van der Waals surface area (Å²) in [6.07, 6.45) is -0.248. The molecular weight excluding hydrogens is 498 g/mol. The molecule has 0 fully saturated rings. The van der Waals surface area contributed by atoms with Gasteiger partial charge in [-0.1, -0.05) is 72.8 Å². The molecular formula is C34H41N3O3. The molecule has 6 nitrogen and oxygen atoms in total. The first-order valence-electron chi connectivity index (χ1n) is 13.8. The van der Waals surface area contributed by atoms with Crippen molar-refractivity contribution in [3.63, 3.8) is 0 Å². The molecule has 4 N–H and O–H groups in total. The van der Waals surface area contributed by atoms with E-state index >= 15 is 0 Å². The molecule has 0 saturated carbocycles. The fraction of sp³-hybridized carbons (Fsp3) is 0.294. The predicted octanol–water partition coefficient (Wildman–Crippen LogP) is 5.41. The van der Waals surface area contributed by atoms with E-state index in [-0.39, 0.29) is 12.6 Å². The molecule has 4 rings (SSSR count). The van der Waals surface area contributed by atoms with E-state index in [2.05, 4.69) is 59.0 Å². The summed E-state index contributed by atoms with van der Waals surface area (Å²) in [6, 6.07) is 35.8. The fourth-order valence-corrected chi connectivity index (χ4v) is 4.88. The van der Waals surface area contributed by atoms with Crippen LogP contribution in [0.3, 0.4) is 0 Å². The number of nitrogens with one attached hydrogen (secondary N) is 2. The predicted molar refractivity (Wildman–Crippen MR) is 164 cm³/mol. The van der Waals surface area contributed by atoms with Gasteiger partial charge in [0.05, 0.1) is 0 Å². The number of ether oxygens (including phenoxy) is 1. The van der Waals surface area contributed by atoms with Crippen molar-refractivity contribution in [2.45, 2.75) is 37.6 Å². The molecule has 0 spiro atoms. The van der Waals surface area contributed by atoms with Crippen LogP contribution in [-0.4, -0.2) is 49.6 Å². The second-order valence-electron chi connectivity index (χ2n) is 10.4. The van der Waals surface area contributed by atoms with Crippen molar-refractivity contribution in [2.75, 3.05) is 37.5 Å². The van der Waals surface area contributed by atoms with E-state index in [4.69, 9.17) is 4.74 Å². The van der Waals surface area contributed by atoms with E-state index in [1.165, 1.54) is 5.56 Å². The Morgan fingerprint density at radius 3 is 2.00 bits per heavy atom. The summed E-state index contributed by atoms with van der Waals surface area (Å²) in [7, 11) is 3.95. The molecule has 2 unspecified atom stereocenters. The molecule has 4 aromatic rings. The number of hydrogen-bond acceptors (Lipinski definition) is 6. The monoisotopic (exact) mass is 539 g/mol. The number of anilines is 2. The third-order valence-corrected chi connectivity index (χ3v) is 7.19. The molecule has 0 radical (unpaired) electrons. The van der Waals surface area contributed by atoms with Gasteiger partial charge >= 0.3 is 0 Å². The van der Waals surface area contributed by atoms with Gasteiger partial charge in [0.1, 0.15) is 24.1 Å². The van der Waals surface area contributed by atoms with Gasteiger partial charge in [-0.25, -0.2) is 0 Å². The number of aliphatic hydroxyl groups is 2. The summed E-state index contributed by atoms with van der Waals surface area (Å²) in [5, 5.41) is 29.2. The van der Waals surface area contributed by atoms with Gasteiger partial charge in [0.2, 0.25) is 0 Å². The maximum Gasteiger partial charge on any atom is 0.119 e. The molecule has 0 aromatic heterocycles. The van der Waals surface area contributed by atoms with Gasteiger partial charge in [0.25, 0.3) is 0 Å². The standard InChI is InChI=1S/C34H41N3O3/c1-26(36-23-32(38)25-40-33-12-8-5-9-13-33)22-34(39,28-14-18-30(35-2)19-15-28)29-16-20-31(21-17-29)37(3)24-27-10-6-4-7-11-27/h4-21,26,32,35-36,38-39H,22-25H2,1-3H3/t26?,32-,34?/m0/s1. The van der Waals surface area contributed by atoms with Crippen LogP contribution in [0.2, 0.25) is 0 Å². The average molecular weight is 540 g/mol. The lowest BCUT2D eigenvalue weighted by Crippen LogP contribution is -2.41. The van der Waals surface area contributed by atoms with Gasteiger partial charge in [0, 0.05) is 44.6 Å². The van der Waals surface area contributed by atoms with Crippen molar-refractivity contribution in [1.82, 2.24) is 5.32 Å². The van der Waals surface area contributed by atoms with Crippen LogP contribution < -0.4 is 20.3 Å². The first-order chi connectivity index (χ1) is 19.4. The number of rotatable bonds is 14. The molecule has 6 heteroatoms. The Hall–Kier alpha value is -3.84. The van der Waals surface area contributed by atoms with E-state index in [1.54, 1.807) is 0 Å². The lowest BCUT2D eigenvalue weighted by Gasteiger charge is -2.33. The van der Waals surface area contributed by atoms with Gasteiger partial charge in [-0.15, -0.1) is 0 Å². The van der Waals surface area contributed by atoms with Crippen molar-refractivity contribution in [1.29, 1.82) is 0 Å². The highest BCUT2D eigenvalue weighted by atomic mass is 16.5. The summed E-state index contributed by atoms with van der Waals surface area (Å²) in [6.45, 7) is 3.37. The van der Waals surface area contributed by atoms with Crippen molar-refractivity contribution >= 4 is 11.4 Å². The summed E-state index contributed by atoms with van der Waals surface area (Å²) < 4.78 is 5.68. The highest BCUT2D eigenvalue weighted by Gasteiger charge is 2.33. The second kappa shape index (κ2) is 14.0. The van der Waals surface area contributed by atoms with Gasteiger partial charge in [-0.05, 0) is 66.4 Å². The second-order valence-corrected chi connectivity index (χ2v) is 10.4. The van der Waals surface area contributed by atoms with Crippen LogP contribution in [0.4, 0.5) is 11.4 Å². The summed E-state index contributed by atoms with van der Waals surface area (Å²) in [5.74, 6) is 0.729. The van der Waals surface area contributed by atoms with Crippen LogP contribution in [0.5, 0.6) is 5.75 Å². The lowest BCUT2D eigenvalue weighted by molar-refractivity contribution is 0.0558. The van der Waals surface area contributed by atoms with E-state index in [0.29, 0.717) is 13.0 Å². The molecule has 210 valence electrons. The topological polar surface area (TPSA) is 77.0 Å². The van der Waals surface area contributed by atoms with Gasteiger partial charge in [-0.3, -0.25) is 0 Å². The summed E-state index contributed by atoms with van der Waals surface area (Å²) >= 11 is 0. The maximum atomic E-state index is 12.2. The van der Waals surface area contributed by atoms with Crippen LogP contribution >= 0.6 is 0 Å². The van der Waals surface area contributed by atoms with E-state index in [0.717, 1.165) is 34.8 Å². The van der Waals surface area contributed by atoms with E-state index in [1.807, 2.05) is 86.8 Å². The minimum Gasteiger partial charge on any atom is -0.491 e. The minimum atomic E-state index is -1.22. The molecule has 40 heavy (non-hydrogen) atoms. The number of para-hydroxylation sites is 1. The Morgan fingerprint density at radius 1 is 0.825 bits per heavy atom. The number of nitrogens with zero attached hydrogens (tertiary/aromatic N) is 1. The average Bonchev–Trinajstić information content (AvgIpc) is 3.00. The molecule has 0 aliphatic rings. The third-order valence-electron chi connectivity index (χ3n) is 7.19. The molecule has 0 bridgehead atoms. The van der Waals surface area contributed by atoms with Crippen LogP contribution in [0, 0.1) is 0 Å². The SMILES string of the molecule is CNc1ccc(C(O)(CC(C)NC[C@H](O)COc2ccccc2)c2ccc(N(C)Cc3ccccc3)cc2)cc1. The highest BCUT2D eigenvalue weighted by Crippen LogP contribution is 2.36. The normalized spacial score (nSPS) is 14.1. The van der Waals surface area contributed by atoms with E-state index < -0.39 is 11.7 Å². The first-order valence-corrected chi connectivity index (χ1v) is 13.8. The van der Waals surface area contributed by atoms with Crippen LogP contribution in [0.1, 0.15) is 30.0 Å². The molecule has 0 aliphatic heterocycles. The molecule has 0 amide bonds. The zero-order chi connectivity index (χ0) is 28.4. The Morgan fingerprint density at radius 2 is 1.40 bits per heavy atom. The Bertz CT molecular complexity index is 1280. The van der Waals surface area contributed by atoms with Gasteiger partial charge < -0.3 is 30.5 Å². The fourth-order valence-electron chi connectivity index (χ4n) is 4.88. The maximum absolute atomic E-state index is 12.2. The Balaban J connectivity index is 1.45. The van der Waals surface area contributed by atoms with Crippen molar-refractivity contribution in [3.8, 4) is 5.75 Å². The van der Waals surface area contributed by atoms with Crippen molar-refractivity contribution in [3.05, 3.63) is 126 Å². The highest BCUT2D eigenvalue weighted by molar-refractivity contribution is 5.51. The number of hydrogen-bond donors (Lipinski definition) is 4. The van der Waals surface area contributed by atoms with Crippen molar-refractivity contribution < 1.29 is 14.9 Å². The van der Waals surface area contributed by atoms with Crippen LogP contribution in [0.15, 0.2) is 109 Å². The van der Waals surface area contributed by atoms with Crippen LogP contribution in [0.25, 0.3) is 0 Å². The number of benzene rings is 4. The van der Waals surface area contributed by atoms with E-state index in [9.17, 15) is 10.2 Å². The van der Waals surface area contributed by atoms with Crippen LogP contribution in [-0.2, 0) is 12.1 Å². The molecule has 0 heterocycles. The molecule has 0 saturated heterocycles. The summed E-state index contributed by atoms with van der Waals surface area (Å²) in [5.41, 5.74) is 3.72. The molecule has 3 atom stereocenters. The van der Waals surface area contributed by atoms with Gasteiger partial charge in [0.15, 0.2) is 0 Å². The van der Waals surface area contributed by atoms with Gasteiger partial charge in [-0.2, -0.15) is 0 Å². The first kappa shape index (κ1) is 29.2.